The molecule has 1 aliphatic heterocycles. The van der Waals surface area contributed by atoms with Crippen LogP contribution in [0.4, 0.5) is 0 Å². The van der Waals surface area contributed by atoms with E-state index in [9.17, 15) is 9.90 Å². The van der Waals surface area contributed by atoms with Gasteiger partial charge >= 0.3 is 0 Å². The second kappa shape index (κ2) is 2.32. The molecule has 1 heterocycles. The van der Waals surface area contributed by atoms with Crippen LogP contribution in [0, 0.1) is 5.92 Å². The topological polar surface area (TPSA) is 49.3 Å². The number of amides is 1. The zero-order chi connectivity index (χ0) is 8.72. The Kier molecular flexibility index (Phi) is 1.41. The highest BCUT2D eigenvalue weighted by atomic mass is 16.3. The Morgan fingerprint density at radius 2 is 2.33 bits per heavy atom. The van der Waals surface area contributed by atoms with Gasteiger partial charge in [0.05, 0.1) is 5.92 Å². The Labute approximate surface area is 70.1 Å². The van der Waals surface area contributed by atoms with Gasteiger partial charge in [0.2, 0.25) is 0 Å². The molecular weight excluding hydrogens is 154 g/mol. The maximum absolute atomic E-state index is 11.0. The van der Waals surface area contributed by atoms with Crippen LogP contribution in [0.25, 0.3) is 0 Å². The summed E-state index contributed by atoms with van der Waals surface area (Å²) < 4.78 is 0. The van der Waals surface area contributed by atoms with Crippen molar-refractivity contribution in [1.29, 1.82) is 0 Å². The smallest absolute Gasteiger partial charge is 0.254 e. The molecule has 0 saturated carbocycles. The first-order valence-corrected chi connectivity index (χ1v) is 3.76. The Hall–Kier alpha value is -1.35. The number of hydrogen-bond donors (Lipinski definition) is 2. The Morgan fingerprint density at radius 3 is 3.00 bits per heavy atom. The van der Waals surface area contributed by atoms with E-state index in [0.29, 0.717) is 0 Å². The van der Waals surface area contributed by atoms with E-state index in [-0.39, 0.29) is 11.8 Å². The molecule has 1 saturated heterocycles. The van der Waals surface area contributed by atoms with E-state index in [1.807, 2.05) is 6.08 Å². The van der Waals surface area contributed by atoms with Crippen LogP contribution in [0.3, 0.4) is 0 Å². The predicted octanol–water partition coefficient (Wildman–Crippen LogP) is 0.103. The molecule has 1 amide bonds. The molecule has 62 valence electrons. The number of carbonyl (C=O) groups excluding carboxylic acids is 1. The van der Waals surface area contributed by atoms with Crippen molar-refractivity contribution >= 4 is 5.91 Å². The maximum atomic E-state index is 11.0. The minimum absolute atomic E-state index is 0.248. The third kappa shape index (κ3) is 0.833. The zero-order valence-electron chi connectivity index (χ0n) is 6.45. The Balaban J connectivity index is 2.40. The van der Waals surface area contributed by atoms with Crippen molar-refractivity contribution in [2.75, 3.05) is 0 Å². The SMILES string of the molecule is C=C1C=CC=C2NC(=O)C(O)C12. The van der Waals surface area contributed by atoms with Crippen molar-refractivity contribution in [3.05, 3.63) is 36.1 Å². The standard InChI is InChI=1S/C9H9NO2/c1-5-3-2-4-6-7(5)8(11)9(12)10-6/h2-4,7-8,11H,1H2,(H,10,12). The summed E-state index contributed by atoms with van der Waals surface area (Å²) in [6.45, 7) is 3.76. The van der Waals surface area contributed by atoms with Gasteiger partial charge in [-0.2, -0.15) is 0 Å². The lowest BCUT2D eigenvalue weighted by Gasteiger charge is -2.16. The average Bonchev–Trinajstić information content (AvgIpc) is 2.29. The summed E-state index contributed by atoms with van der Waals surface area (Å²) in [6.07, 6.45) is 4.44. The van der Waals surface area contributed by atoms with E-state index in [1.165, 1.54) is 0 Å². The highest BCUT2D eigenvalue weighted by molar-refractivity contribution is 5.87. The van der Waals surface area contributed by atoms with Crippen LogP contribution >= 0.6 is 0 Å². The quantitative estimate of drug-likeness (QED) is 0.532. The normalized spacial score (nSPS) is 32.9. The van der Waals surface area contributed by atoms with Gasteiger partial charge < -0.3 is 10.4 Å². The molecule has 0 radical (unpaired) electrons. The van der Waals surface area contributed by atoms with Gasteiger partial charge in [-0.1, -0.05) is 18.7 Å². The number of allylic oxidation sites excluding steroid dienone is 3. The molecular formula is C9H9NO2. The molecule has 0 spiro atoms. The summed E-state index contributed by atoms with van der Waals surface area (Å²) in [4.78, 5) is 11.0. The Morgan fingerprint density at radius 1 is 1.58 bits per heavy atom. The van der Waals surface area contributed by atoms with Crippen molar-refractivity contribution in [3.63, 3.8) is 0 Å². The third-order valence-electron chi connectivity index (χ3n) is 2.17. The van der Waals surface area contributed by atoms with Crippen LogP contribution < -0.4 is 5.32 Å². The molecule has 3 nitrogen and oxygen atoms in total. The maximum Gasteiger partial charge on any atom is 0.254 e. The number of carbonyl (C=O) groups is 1. The van der Waals surface area contributed by atoms with Crippen LogP contribution in [0.1, 0.15) is 0 Å². The van der Waals surface area contributed by atoms with E-state index in [2.05, 4.69) is 11.9 Å². The molecule has 12 heavy (non-hydrogen) atoms. The highest BCUT2D eigenvalue weighted by Crippen LogP contribution is 2.30. The molecule has 0 aromatic heterocycles. The van der Waals surface area contributed by atoms with Gasteiger partial charge in [-0.25, -0.2) is 0 Å². The van der Waals surface area contributed by atoms with E-state index in [4.69, 9.17) is 0 Å². The van der Waals surface area contributed by atoms with Crippen LogP contribution in [-0.2, 0) is 4.79 Å². The monoisotopic (exact) mass is 163 g/mol. The van der Waals surface area contributed by atoms with E-state index in [1.54, 1.807) is 12.2 Å². The zero-order valence-corrected chi connectivity index (χ0v) is 6.45. The van der Waals surface area contributed by atoms with Gasteiger partial charge in [-0.05, 0) is 11.6 Å². The fraction of sp³-hybridized carbons (Fsp3) is 0.222. The molecule has 2 atom stereocenters. The first-order valence-electron chi connectivity index (χ1n) is 3.76. The molecule has 2 N–H and O–H groups in total. The molecule has 0 aromatic carbocycles. The van der Waals surface area contributed by atoms with E-state index >= 15 is 0 Å². The van der Waals surface area contributed by atoms with E-state index in [0.717, 1.165) is 11.3 Å². The molecule has 2 unspecified atom stereocenters. The number of aliphatic hydroxyl groups excluding tert-OH is 1. The van der Waals surface area contributed by atoms with Crippen LogP contribution in [0.2, 0.25) is 0 Å². The Bertz CT molecular complexity index is 314. The molecule has 0 bridgehead atoms. The molecule has 2 rings (SSSR count). The average molecular weight is 163 g/mol. The number of fused-ring (bicyclic) bond motifs is 1. The highest BCUT2D eigenvalue weighted by Gasteiger charge is 2.38. The van der Waals surface area contributed by atoms with Crippen molar-refractivity contribution in [2.24, 2.45) is 5.92 Å². The lowest BCUT2D eigenvalue weighted by Crippen LogP contribution is -2.24. The van der Waals surface area contributed by atoms with Crippen molar-refractivity contribution in [3.8, 4) is 0 Å². The summed E-state index contributed by atoms with van der Waals surface area (Å²) >= 11 is 0. The largest absolute Gasteiger partial charge is 0.382 e. The number of rotatable bonds is 0. The van der Waals surface area contributed by atoms with Crippen molar-refractivity contribution in [1.82, 2.24) is 5.32 Å². The molecule has 0 aromatic rings. The summed E-state index contributed by atoms with van der Waals surface area (Å²) in [7, 11) is 0. The molecule has 3 heteroatoms. The first kappa shape index (κ1) is 7.31. The lowest BCUT2D eigenvalue weighted by atomic mass is 9.91. The van der Waals surface area contributed by atoms with Crippen LogP contribution in [-0.4, -0.2) is 17.1 Å². The molecule has 1 fully saturated rings. The minimum Gasteiger partial charge on any atom is -0.382 e. The summed E-state index contributed by atoms with van der Waals surface area (Å²) in [5, 5.41) is 12.0. The van der Waals surface area contributed by atoms with E-state index < -0.39 is 6.10 Å². The third-order valence-corrected chi connectivity index (χ3v) is 2.17. The second-order valence-corrected chi connectivity index (χ2v) is 2.97. The van der Waals surface area contributed by atoms with Crippen molar-refractivity contribution in [2.45, 2.75) is 6.10 Å². The summed E-state index contributed by atoms with van der Waals surface area (Å²) in [5.41, 5.74) is 1.53. The van der Waals surface area contributed by atoms with Gasteiger partial charge in [-0.3, -0.25) is 4.79 Å². The molecule has 1 aliphatic carbocycles. The number of hydrogen-bond acceptors (Lipinski definition) is 2. The number of nitrogens with one attached hydrogen (secondary N) is 1. The van der Waals surface area contributed by atoms with Gasteiger partial charge in [-0.15, -0.1) is 0 Å². The summed E-state index contributed by atoms with van der Waals surface area (Å²) in [5.74, 6) is -0.585. The lowest BCUT2D eigenvalue weighted by molar-refractivity contribution is -0.126. The van der Waals surface area contributed by atoms with Gasteiger partial charge in [0.15, 0.2) is 0 Å². The fourth-order valence-corrected chi connectivity index (χ4v) is 1.54. The van der Waals surface area contributed by atoms with Crippen molar-refractivity contribution < 1.29 is 9.90 Å². The van der Waals surface area contributed by atoms with Crippen LogP contribution in [0.15, 0.2) is 36.1 Å². The summed E-state index contributed by atoms with van der Waals surface area (Å²) in [6, 6.07) is 0. The number of aliphatic hydroxyl groups is 1. The van der Waals surface area contributed by atoms with Gasteiger partial charge in [0, 0.05) is 5.70 Å². The predicted molar refractivity (Wildman–Crippen MR) is 44.0 cm³/mol. The van der Waals surface area contributed by atoms with Crippen LogP contribution in [0.5, 0.6) is 0 Å². The molecule has 2 aliphatic rings. The second-order valence-electron chi connectivity index (χ2n) is 2.97. The van der Waals surface area contributed by atoms with Gasteiger partial charge in [0.1, 0.15) is 6.10 Å². The van der Waals surface area contributed by atoms with Gasteiger partial charge in [0.25, 0.3) is 5.91 Å². The fourth-order valence-electron chi connectivity index (χ4n) is 1.54. The minimum atomic E-state index is -0.964. The first-order chi connectivity index (χ1) is 5.70.